The lowest BCUT2D eigenvalue weighted by Gasteiger charge is -2.21. The molecule has 0 spiro atoms. The maximum absolute atomic E-state index is 12.9. The quantitative estimate of drug-likeness (QED) is 0.0222. The fourth-order valence-electron chi connectivity index (χ4n) is 8.31. The number of aliphatic hydroxyl groups is 1. The smallest absolute Gasteiger partial charge is 0.462 e. The Morgan fingerprint density at radius 1 is 0.368 bits per heavy atom. The van der Waals surface area contributed by atoms with E-state index in [4.69, 9.17) is 37.0 Å². The number of unbranched alkanes of at least 4 members (excludes halogenated alkanes) is 28. The number of esters is 4. The minimum atomic E-state index is -4.93. The molecule has 0 saturated carbocycles. The molecule has 0 aliphatic rings. The van der Waals surface area contributed by atoms with Crippen LogP contribution in [-0.2, 0) is 65.4 Å². The molecule has 6 atom stereocenters. The number of hydrogen-bond acceptors (Lipinski definition) is 15. The lowest BCUT2D eigenvalue weighted by Crippen LogP contribution is -2.30. The second-order valence-electron chi connectivity index (χ2n) is 20.9. The van der Waals surface area contributed by atoms with Gasteiger partial charge in [0.1, 0.15) is 19.3 Å². The number of rotatable bonds is 57. The molecule has 0 bridgehead atoms. The van der Waals surface area contributed by atoms with Crippen LogP contribution in [0.3, 0.4) is 0 Å². The number of aliphatic hydroxyl groups excluding tert-OH is 1. The van der Waals surface area contributed by atoms with Gasteiger partial charge in [0.15, 0.2) is 12.2 Å². The first-order valence-electron chi connectivity index (χ1n) is 30.2. The number of carbonyl (C=O) groups excluding carboxylic acids is 4. The molecule has 450 valence electrons. The van der Waals surface area contributed by atoms with E-state index in [1.54, 1.807) is 0 Å². The van der Waals surface area contributed by atoms with E-state index in [2.05, 4.69) is 34.6 Å². The van der Waals surface area contributed by atoms with Gasteiger partial charge in [0.2, 0.25) is 0 Å². The molecule has 19 heteroatoms. The molecule has 0 aromatic rings. The zero-order chi connectivity index (χ0) is 56.4. The van der Waals surface area contributed by atoms with Crippen LogP contribution in [-0.4, -0.2) is 96.7 Å². The summed E-state index contributed by atoms with van der Waals surface area (Å²) in [5.41, 5.74) is 0. The van der Waals surface area contributed by atoms with E-state index in [0.29, 0.717) is 25.7 Å². The molecule has 0 aliphatic carbocycles. The summed E-state index contributed by atoms with van der Waals surface area (Å²) in [6.45, 7) is 6.98. The van der Waals surface area contributed by atoms with Crippen LogP contribution in [0.15, 0.2) is 0 Å². The Hall–Kier alpha value is -1.94. The number of carbonyl (C=O) groups is 4. The fourth-order valence-corrected chi connectivity index (χ4v) is 9.89. The molecule has 0 rings (SSSR count). The molecule has 0 heterocycles. The van der Waals surface area contributed by atoms with Gasteiger partial charge in [-0.15, -0.1) is 0 Å². The van der Waals surface area contributed by atoms with Gasteiger partial charge in [0, 0.05) is 25.7 Å². The highest BCUT2D eigenvalue weighted by Crippen LogP contribution is 2.45. The normalized spacial score (nSPS) is 14.8. The topological polar surface area (TPSA) is 237 Å². The van der Waals surface area contributed by atoms with E-state index < -0.39 is 97.5 Å². The van der Waals surface area contributed by atoms with Crippen molar-refractivity contribution in [3.8, 4) is 0 Å². The summed E-state index contributed by atoms with van der Waals surface area (Å²) in [7, 11) is -9.86. The van der Waals surface area contributed by atoms with Crippen LogP contribution in [0.4, 0.5) is 0 Å². The molecular weight excluding hydrogens is 1020 g/mol. The van der Waals surface area contributed by atoms with Gasteiger partial charge in [-0.1, -0.05) is 227 Å². The largest absolute Gasteiger partial charge is 0.472 e. The van der Waals surface area contributed by atoms with Crippen LogP contribution in [0.1, 0.15) is 279 Å². The van der Waals surface area contributed by atoms with E-state index in [-0.39, 0.29) is 25.7 Å². The molecule has 0 saturated heterocycles. The molecular formula is C57H110O17P2. The fraction of sp³-hybridized carbons (Fsp3) is 0.930. The van der Waals surface area contributed by atoms with Crippen molar-refractivity contribution in [2.45, 2.75) is 297 Å². The molecule has 0 fully saturated rings. The Bertz CT molecular complexity index is 1500. The van der Waals surface area contributed by atoms with Crippen LogP contribution >= 0.6 is 15.6 Å². The van der Waals surface area contributed by atoms with Crippen molar-refractivity contribution in [3.05, 3.63) is 0 Å². The van der Waals surface area contributed by atoms with Gasteiger partial charge < -0.3 is 33.8 Å². The summed E-state index contributed by atoms with van der Waals surface area (Å²) in [5, 5.41) is 10.5. The maximum atomic E-state index is 12.9. The lowest BCUT2D eigenvalue weighted by molar-refractivity contribution is -0.161. The third-order valence-corrected chi connectivity index (χ3v) is 15.3. The van der Waals surface area contributed by atoms with Gasteiger partial charge in [-0.05, 0) is 31.6 Å². The summed E-state index contributed by atoms with van der Waals surface area (Å²) in [6.07, 6.45) is 32.5. The average molecular weight is 1130 g/mol. The minimum Gasteiger partial charge on any atom is -0.462 e. The van der Waals surface area contributed by atoms with E-state index in [0.717, 1.165) is 115 Å². The van der Waals surface area contributed by atoms with Crippen LogP contribution in [0, 0.1) is 5.92 Å². The third-order valence-electron chi connectivity index (χ3n) is 13.4. The van der Waals surface area contributed by atoms with Gasteiger partial charge in [-0.3, -0.25) is 37.3 Å². The van der Waals surface area contributed by atoms with Gasteiger partial charge in [-0.25, -0.2) is 9.13 Å². The Morgan fingerprint density at radius 3 is 0.934 bits per heavy atom. The van der Waals surface area contributed by atoms with Crippen molar-refractivity contribution in [3.63, 3.8) is 0 Å². The predicted molar refractivity (Wildman–Crippen MR) is 298 cm³/mol. The zero-order valence-corrected chi connectivity index (χ0v) is 50.2. The lowest BCUT2D eigenvalue weighted by atomic mass is 10.00. The Morgan fingerprint density at radius 2 is 0.632 bits per heavy atom. The predicted octanol–water partition coefficient (Wildman–Crippen LogP) is 15.1. The first-order chi connectivity index (χ1) is 36.6. The molecule has 0 aromatic heterocycles. The summed E-state index contributed by atoms with van der Waals surface area (Å²) in [4.78, 5) is 71.5. The second-order valence-corrected chi connectivity index (χ2v) is 23.8. The van der Waals surface area contributed by atoms with E-state index in [1.807, 2.05) is 0 Å². The number of phosphoric ester groups is 2. The molecule has 0 aromatic carbocycles. The Balaban J connectivity index is 5.18. The molecule has 3 unspecified atom stereocenters. The molecule has 0 amide bonds. The van der Waals surface area contributed by atoms with Crippen LogP contribution < -0.4 is 0 Å². The number of hydrogen-bond donors (Lipinski definition) is 3. The highest BCUT2D eigenvalue weighted by Gasteiger charge is 2.30. The number of phosphoric acid groups is 2. The zero-order valence-electron chi connectivity index (χ0n) is 48.4. The molecule has 0 aliphatic heterocycles. The first kappa shape index (κ1) is 74.1. The average Bonchev–Trinajstić information content (AvgIpc) is 3.39. The van der Waals surface area contributed by atoms with Gasteiger partial charge in [0.25, 0.3) is 0 Å². The highest BCUT2D eigenvalue weighted by atomic mass is 31.2. The molecule has 76 heavy (non-hydrogen) atoms. The van der Waals surface area contributed by atoms with Crippen molar-refractivity contribution in [2.75, 3.05) is 39.6 Å². The third kappa shape index (κ3) is 50.3. The molecule has 0 radical (unpaired) electrons. The standard InChI is InChI=1S/C57H110O17P2/c1-6-10-13-16-18-20-21-22-23-24-26-33-38-43-57(62)74-53(47-68-55(60)41-36-31-28-27-30-34-39-50(5)9-4)49-72-76(65,66)70-45-51(58)44-69-75(63,64)71-48-52(46-67-54(59)40-35-29-15-12-8-3)73-56(61)42-37-32-25-19-17-14-11-7-2/h50-53,58H,6-49H2,1-5H3,(H,63,64)(H,65,66)/t50?,51-,52+,53+/m0/s1. The summed E-state index contributed by atoms with van der Waals surface area (Å²) in [6, 6.07) is 0. The van der Waals surface area contributed by atoms with E-state index in [9.17, 15) is 43.2 Å². The molecule has 17 nitrogen and oxygen atoms in total. The Labute approximate surface area is 460 Å². The SMILES string of the molecule is CCCCCCCCCCCCCCCC(=O)O[C@H](COC(=O)CCCCCCCCC(C)CC)COP(=O)(O)OC[C@@H](O)COP(=O)(O)OC[C@@H](COC(=O)CCCCCCC)OC(=O)CCCCCCCCCC. The highest BCUT2D eigenvalue weighted by molar-refractivity contribution is 7.47. The Kier molecular flexibility index (Phi) is 49.9. The van der Waals surface area contributed by atoms with Crippen molar-refractivity contribution < 1.29 is 80.2 Å². The van der Waals surface area contributed by atoms with Gasteiger partial charge >= 0.3 is 39.5 Å². The monoisotopic (exact) mass is 1130 g/mol. The van der Waals surface area contributed by atoms with Crippen molar-refractivity contribution in [2.24, 2.45) is 5.92 Å². The number of ether oxygens (including phenoxy) is 4. The van der Waals surface area contributed by atoms with E-state index in [1.165, 1.54) is 83.5 Å². The summed E-state index contributed by atoms with van der Waals surface area (Å²) < 4.78 is 67.4. The van der Waals surface area contributed by atoms with Crippen molar-refractivity contribution in [1.82, 2.24) is 0 Å². The van der Waals surface area contributed by atoms with Gasteiger partial charge in [-0.2, -0.15) is 0 Å². The van der Waals surface area contributed by atoms with E-state index >= 15 is 0 Å². The van der Waals surface area contributed by atoms with Crippen LogP contribution in [0.5, 0.6) is 0 Å². The molecule has 3 N–H and O–H groups in total. The summed E-state index contributed by atoms with van der Waals surface area (Å²) in [5.74, 6) is -1.43. The minimum absolute atomic E-state index is 0.104. The van der Waals surface area contributed by atoms with Crippen LogP contribution in [0.25, 0.3) is 0 Å². The first-order valence-corrected chi connectivity index (χ1v) is 33.2. The van der Waals surface area contributed by atoms with Crippen molar-refractivity contribution >= 4 is 39.5 Å². The van der Waals surface area contributed by atoms with Gasteiger partial charge in [0.05, 0.1) is 26.4 Å². The summed E-state index contributed by atoms with van der Waals surface area (Å²) >= 11 is 0. The van der Waals surface area contributed by atoms with Crippen molar-refractivity contribution in [1.29, 1.82) is 0 Å². The maximum Gasteiger partial charge on any atom is 0.472 e. The second kappa shape index (κ2) is 51.2. The van der Waals surface area contributed by atoms with Crippen LogP contribution in [0.2, 0.25) is 0 Å².